The van der Waals surface area contributed by atoms with Crippen LogP contribution < -0.4 is 5.56 Å². The van der Waals surface area contributed by atoms with Crippen LogP contribution in [0.4, 0.5) is 0 Å². The fourth-order valence-corrected chi connectivity index (χ4v) is 5.41. The van der Waals surface area contributed by atoms with Gasteiger partial charge in [0.15, 0.2) is 0 Å². The van der Waals surface area contributed by atoms with Crippen molar-refractivity contribution in [1.29, 1.82) is 0 Å². The maximum Gasteiger partial charge on any atom is 0.349 e. The molecule has 4 heterocycles. The third-order valence-electron chi connectivity index (χ3n) is 4.76. The number of benzene rings is 1. The van der Waals surface area contributed by atoms with Gasteiger partial charge < -0.3 is 4.74 Å². The fourth-order valence-electron chi connectivity index (χ4n) is 3.44. The monoisotopic (exact) mass is 397 g/mol. The zero-order valence-corrected chi connectivity index (χ0v) is 16.2. The molecule has 1 aliphatic heterocycles. The minimum atomic E-state index is -0.431. The quantitative estimate of drug-likeness (QED) is 0.493. The van der Waals surface area contributed by atoms with Crippen LogP contribution in [0, 0.1) is 6.92 Å². The second-order valence-electron chi connectivity index (χ2n) is 6.48. The van der Waals surface area contributed by atoms with Gasteiger partial charge in [-0.2, -0.15) is 0 Å². The standard InChI is InChI=1S/C19H15N3O3S2/c1-10-15-17(21-13-7-4-8-22(13)18(15)23)27-16(10)19(24)25-9-14-20-11-5-2-3-6-12(11)26-14/h2-3,5-6H,4,7-9H2,1H3. The molecular formula is C19H15N3O3S2. The highest BCUT2D eigenvalue weighted by Gasteiger charge is 2.24. The molecule has 0 unspecified atom stereocenters. The summed E-state index contributed by atoms with van der Waals surface area (Å²) in [7, 11) is 0. The largest absolute Gasteiger partial charge is 0.454 e. The molecule has 3 aromatic heterocycles. The number of esters is 1. The Morgan fingerprint density at radius 3 is 2.96 bits per heavy atom. The Morgan fingerprint density at radius 2 is 2.11 bits per heavy atom. The summed E-state index contributed by atoms with van der Waals surface area (Å²) in [6.45, 7) is 2.61. The number of aryl methyl sites for hydroxylation is 2. The molecule has 0 fully saturated rings. The predicted octanol–water partition coefficient (Wildman–Crippen LogP) is 3.68. The summed E-state index contributed by atoms with van der Waals surface area (Å²) in [6.07, 6.45) is 1.75. The van der Waals surface area contributed by atoms with E-state index in [1.165, 1.54) is 22.7 Å². The van der Waals surface area contributed by atoms with Crippen molar-refractivity contribution in [2.45, 2.75) is 32.9 Å². The van der Waals surface area contributed by atoms with Crippen LogP contribution in [0.5, 0.6) is 0 Å². The Morgan fingerprint density at radius 1 is 1.26 bits per heavy atom. The lowest BCUT2D eigenvalue weighted by molar-refractivity contribution is 0.0478. The van der Waals surface area contributed by atoms with E-state index in [4.69, 9.17) is 4.74 Å². The first kappa shape index (κ1) is 16.6. The smallest absolute Gasteiger partial charge is 0.349 e. The van der Waals surface area contributed by atoms with E-state index in [1.807, 2.05) is 24.3 Å². The van der Waals surface area contributed by atoms with Crippen molar-refractivity contribution >= 4 is 49.1 Å². The van der Waals surface area contributed by atoms with E-state index in [2.05, 4.69) is 9.97 Å². The Hall–Kier alpha value is -2.58. The van der Waals surface area contributed by atoms with Gasteiger partial charge in [-0.3, -0.25) is 9.36 Å². The van der Waals surface area contributed by atoms with Gasteiger partial charge in [-0.25, -0.2) is 14.8 Å². The van der Waals surface area contributed by atoms with Gasteiger partial charge in [0.1, 0.15) is 27.1 Å². The molecule has 0 bridgehead atoms. The molecule has 0 amide bonds. The van der Waals surface area contributed by atoms with Crippen LogP contribution in [0.15, 0.2) is 29.1 Å². The second-order valence-corrected chi connectivity index (χ2v) is 8.59. The number of aromatic nitrogens is 3. The number of carbonyl (C=O) groups excluding carboxylic acids is 1. The first-order valence-electron chi connectivity index (χ1n) is 8.66. The van der Waals surface area contributed by atoms with Crippen molar-refractivity contribution in [2.75, 3.05) is 0 Å². The van der Waals surface area contributed by atoms with Crippen LogP contribution in [0.2, 0.25) is 0 Å². The lowest BCUT2D eigenvalue weighted by Crippen LogP contribution is -2.20. The molecule has 6 nitrogen and oxygen atoms in total. The summed E-state index contributed by atoms with van der Waals surface area (Å²) in [5.74, 6) is 0.377. The number of rotatable bonds is 3. The lowest BCUT2D eigenvalue weighted by atomic mass is 10.2. The fraction of sp³-hybridized carbons (Fsp3) is 0.263. The van der Waals surface area contributed by atoms with Crippen molar-refractivity contribution in [3.05, 3.63) is 55.9 Å². The van der Waals surface area contributed by atoms with Crippen molar-refractivity contribution in [2.24, 2.45) is 0 Å². The third-order valence-corrected chi connectivity index (χ3v) is 6.94. The molecule has 1 aliphatic rings. The van der Waals surface area contributed by atoms with Gasteiger partial charge in [-0.05, 0) is 31.0 Å². The number of nitrogens with zero attached hydrogens (tertiary/aromatic N) is 3. The molecule has 0 saturated carbocycles. The predicted molar refractivity (Wildman–Crippen MR) is 106 cm³/mol. The molecule has 8 heteroatoms. The van der Waals surface area contributed by atoms with Crippen molar-refractivity contribution in [1.82, 2.24) is 14.5 Å². The normalized spacial score (nSPS) is 13.4. The molecule has 0 N–H and O–H groups in total. The Labute approximate surface area is 162 Å². The van der Waals surface area contributed by atoms with Gasteiger partial charge in [-0.1, -0.05) is 12.1 Å². The molecule has 136 valence electrons. The van der Waals surface area contributed by atoms with E-state index in [0.717, 1.165) is 33.9 Å². The highest BCUT2D eigenvalue weighted by molar-refractivity contribution is 7.20. The number of thiazole rings is 1. The maximum absolute atomic E-state index is 12.7. The maximum atomic E-state index is 12.7. The Kier molecular flexibility index (Phi) is 3.84. The second kappa shape index (κ2) is 6.24. The minimum absolute atomic E-state index is 0.0496. The number of hydrogen-bond donors (Lipinski definition) is 0. The van der Waals surface area contributed by atoms with Crippen molar-refractivity contribution in [3.8, 4) is 0 Å². The van der Waals surface area contributed by atoms with E-state index in [0.29, 0.717) is 27.2 Å². The Balaban J connectivity index is 1.44. The molecule has 4 aromatic rings. The van der Waals surface area contributed by atoms with Gasteiger partial charge in [0.05, 0.1) is 15.6 Å². The van der Waals surface area contributed by atoms with Gasteiger partial charge in [0, 0.05) is 13.0 Å². The summed E-state index contributed by atoms with van der Waals surface area (Å²) in [6, 6.07) is 7.82. The number of para-hydroxylation sites is 1. The van der Waals surface area contributed by atoms with Crippen LogP contribution in [0.25, 0.3) is 20.4 Å². The molecule has 0 saturated heterocycles. The molecule has 0 atom stereocenters. The van der Waals surface area contributed by atoms with E-state index < -0.39 is 5.97 Å². The van der Waals surface area contributed by atoms with Crippen LogP contribution in [-0.2, 0) is 24.3 Å². The number of carbonyl (C=O) groups is 1. The van der Waals surface area contributed by atoms with Crippen LogP contribution >= 0.6 is 22.7 Å². The molecule has 0 spiro atoms. The van der Waals surface area contributed by atoms with Gasteiger partial charge in [-0.15, -0.1) is 22.7 Å². The first-order chi connectivity index (χ1) is 13.1. The number of hydrogen-bond acceptors (Lipinski definition) is 7. The van der Waals surface area contributed by atoms with Crippen LogP contribution in [0.3, 0.4) is 0 Å². The zero-order chi connectivity index (χ0) is 18.5. The van der Waals surface area contributed by atoms with E-state index in [9.17, 15) is 9.59 Å². The summed E-state index contributed by atoms with van der Waals surface area (Å²) in [5, 5.41) is 1.29. The highest BCUT2D eigenvalue weighted by atomic mass is 32.1. The zero-order valence-electron chi connectivity index (χ0n) is 14.5. The summed E-state index contributed by atoms with van der Waals surface area (Å²) in [5.41, 5.74) is 1.51. The minimum Gasteiger partial charge on any atom is -0.454 e. The molecular weight excluding hydrogens is 382 g/mol. The average molecular weight is 397 g/mol. The van der Waals surface area contributed by atoms with Gasteiger partial charge in [0.2, 0.25) is 0 Å². The van der Waals surface area contributed by atoms with E-state index >= 15 is 0 Å². The molecule has 0 aliphatic carbocycles. The van der Waals surface area contributed by atoms with Gasteiger partial charge in [0.25, 0.3) is 5.56 Å². The number of fused-ring (bicyclic) bond motifs is 3. The van der Waals surface area contributed by atoms with Crippen molar-refractivity contribution in [3.63, 3.8) is 0 Å². The number of thiophene rings is 1. The summed E-state index contributed by atoms with van der Waals surface area (Å²) < 4.78 is 8.26. The van der Waals surface area contributed by atoms with Crippen molar-refractivity contribution < 1.29 is 9.53 Å². The average Bonchev–Trinajstić information content (AvgIpc) is 3.36. The summed E-state index contributed by atoms with van der Waals surface area (Å²) >= 11 is 2.75. The van der Waals surface area contributed by atoms with Crippen LogP contribution in [-0.4, -0.2) is 20.5 Å². The molecule has 0 radical (unpaired) electrons. The molecule has 1 aromatic carbocycles. The van der Waals surface area contributed by atoms with E-state index in [-0.39, 0.29) is 12.2 Å². The highest BCUT2D eigenvalue weighted by Crippen LogP contribution is 2.30. The van der Waals surface area contributed by atoms with Crippen LogP contribution in [0.1, 0.15) is 32.5 Å². The SMILES string of the molecule is Cc1c(C(=O)OCc2nc3ccccc3s2)sc2nc3n(c(=O)c12)CCC3. The Bertz CT molecular complexity index is 1240. The number of ether oxygens (including phenoxy) is 1. The summed E-state index contributed by atoms with van der Waals surface area (Å²) in [4.78, 5) is 35.5. The molecule has 5 rings (SSSR count). The van der Waals surface area contributed by atoms with E-state index in [1.54, 1.807) is 11.5 Å². The first-order valence-corrected chi connectivity index (χ1v) is 10.3. The third kappa shape index (κ3) is 2.67. The topological polar surface area (TPSA) is 74.1 Å². The lowest BCUT2D eigenvalue weighted by Gasteiger charge is -2.02. The van der Waals surface area contributed by atoms with Gasteiger partial charge >= 0.3 is 5.97 Å². The molecule has 27 heavy (non-hydrogen) atoms.